The van der Waals surface area contributed by atoms with Crippen molar-refractivity contribution in [3.8, 4) is 5.69 Å². The smallest absolute Gasteiger partial charge is 0.255 e. The second-order valence-electron chi connectivity index (χ2n) is 6.54. The number of amides is 1. The van der Waals surface area contributed by atoms with Gasteiger partial charge in [0.2, 0.25) is 0 Å². The van der Waals surface area contributed by atoms with Gasteiger partial charge < -0.3 is 14.8 Å². The summed E-state index contributed by atoms with van der Waals surface area (Å²) in [6.45, 7) is 6.75. The molecule has 1 N–H and O–H groups in total. The number of aromatic nitrogens is 1. The highest BCUT2D eigenvalue weighted by Crippen LogP contribution is 2.28. The standard InChI is InChI=1S/C19H24BrN3O/c1-13-10-16(19(24)22-9-8-15(12-22)11-21-3)14(2)23(13)18-7-5-4-6-17(18)20/h4-7,10,15,21H,8-9,11-12H2,1-3H3. The van der Waals surface area contributed by atoms with Gasteiger partial charge in [-0.05, 0) is 73.9 Å². The topological polar surface area (TPSA) is 37.3 Å². The number of carbonyl (C=O) groups is 1. The van der Waals surface area contributed by atoms with Crippen molar-refractivity contribution in [2.24, 2.45) is 5.92 Å². The van der Waals surface area contributed by atoms with Crippen LogP contribution < -0.4 is 5.32 Å². The molecule has 0 radical (unpaired) electrons. The summed E-state index contributed by atoms with van der Waals surface area (Å²) in [5, 5.41) is 3.21. The van der Waals surface area contributed by atoms with Crippen LogP contribution in [0.3, 0.4) is 0 Å². The molecule has 1 aliphatic rings. The Balaban J connectivity index is 1.90. The number of para-hydroxylation sites is 1. The summed E-state index contributed by atoms with van der Waals surface area (Å²) in [7, 11) is 1.97. The molecule has 1 aromatic carbocycles. The molecule has 0 spiro atoms. The van der Waals surface area contributed by atoms with Crippen molar-refractivity contribution in [1.82, 2.24) is 14.8 Å². The van der Waals surface area contributed by atoms with Gasteiger partial charge in [0.1, 0.15) is 0 Å². The maximum absolute atomic E-state index is 13.0. The predicted octanol–water partition coefficient (Wildman–Crippen LogP) is 3.54. The molecular formula is C19H24BrN3O. The van der Waals surface area contributed by atoms with Crippen molar-refractivity contribution in [1.29, 1.82) is 0 Å². The molecule has 0 saturated carbocycles. The van der Waals surface area contributed by atoms with Crippen molar-refractivity contribution in [2.45, 2.75) is 20.3 Å². The van der Waals surface area contributed by atoms with Crippen molar-refractivity contribution in [2.75, 3.05) is 26.7 Å². The Bertz CT molecular complexity index is 753. The van der Waals surface area contributed by atoms with Crippen molar-refractivity contribution < 1.29 is 4.79 Å². The lowest BCUT2D eigenvalue weighted by molar-refractivity contribution is 0.0786. The fraction of sp³-hybridized carbons (Fsp3) is 0.421. The van der Waals surface area contributed by atoms with Crippen molar-refractivity contribution in [3.05, 3.63) is 51.8 Å². The van der Waals surface area contributed by atoms with Gasteiger partial charge in [-0.15, -0.1) is 0 Å². The van der Waals surface area contributed by atoms with Crippen molar-refractivity contribution >= 4 is 21.8 Å². The molecule has 5 heteroatoms. The number of nitrogens with zero attached hydrogens (tertiary/aromatic N) is 2. The number of benzene rings is 1. The van der Waals surface area contributed by atoms with Gasteiger partial charge in [-0.25, -0.2) is 0 Å². The lowest BCUT2D eigenvalue weighted by Crippen LogP contribution is -2.30. The number of halogens is 1. The average Bonchev–Trinajstić information content (AvgIpc) is 3.13. The Kier molecular flexibility index (Phi) is 5.11. The zero-order valence-electron chi connectivity index (χ0n) is 14.5. The van der Waals surface area contributed by atoms with Crippen LogP contribution in [0.5, 0.6) is 0 Å². The molecule has 24 heavy (non-hydrogen) atoms. The van der Waals surface area contributed by atoms with E-state index in [1.165, 1.54) is 0 Å². The molecule has 1 amide bonds. The van der Waals surface area contributed by atoms with E-state index in [-0.39, 0.29) is 5.91 Å². The van der Waals surface area contributed by atoms with Gasteiger partial charge in [-0.3, -0.25) is 4.79 Å². The minimum atomic E-state index is 0.153. The van der Waals surface area contributed by atoms with Gasteiger partial charge in [-0.2, -0.15) is 0 Å². The lowest BCUT2D eigenvalue weighted by Gasteiger charge is -2.17. The number of hydrogen-bond acceptors (Lipinski definition) is 2. The fourth-order valence-electron chi connectivity index (χ4n) is 3.63. The number of hydrogen-bond donors (Lipinski definition) is 1. The summed E-state index contributed by atoms with van der Waals surface area (Å²) in [5.41, 5.74) is 3.96. The molecule has 0 bridgehead atoms. The molecule has 1 atom stereocenters. The number of carbonyl (C=O) groups excluding carboxylic acids is 1. The molecular weight excluding hydrogens is 366 g/mol. The molecule has 3 rings (SSSR count). The largest absolute Gasteiger partial charge is 0.338 e. The van der Waals surface area contributed by atoms with E-state index >= 15 is 0 Å². The van der Waals surface area contributed by atoms with Gasteiger partial charge >= 0.3 is 0 Å². The lowest BCUT2D eigenvalue weighted by atomic mass is 10.1. The van der Waals surface area contributed by atoms with Crippen LogP contribution in [-0.2, 0) is 0 Å². The molecule has 2 heterocycles. The van der Waals surface area contributed by atoms with Crippen molar-refractivity contribution in [3.63, 3.8) is 0 Å². The Morgan fingerprint density at radius 1 is 1.33 bits per heavy atom. The first-order valence-corrected chi connectivity index (χ1v) is 9.20. The highest BCUT2D eigenvalue weighted by Gasteiger charge is 2.28. The second-order valence-corrected chi connectivity index (χ2v) is 7.39. The molecule has 1 unspecified atom stereocenters. The molecule has 1 saturated heterocycles. The molecule has 0 aliphatic carbocycles. The third-order valence-electron chi connectivity index (χ3n) is 4.82. The molecule has 2 aromatic rings. The van der Waals surface area contributed by atoms with E-state index < -0.39 is 0 Å². The summed E-state index contributed by atoms with van der Waals surface area (Å²) in [6.07, 6.45) is 1.08. The number of rotatable bonds is 4. The van der Waals surface area contributed by atoms with Crippen LogP contribution in [0.25, 0.3) is 5.69 Å². The van der Waals surface area contributed by atoms with Crippen LogP contribution in [0.15, 0.2) is 34.8 Å². The number of aryl methyl sites for hydroxylation is 1. The highest BCUT2D eigenvalue weighted by atomic mass is 79.9. The normalized spacial score (nSPS) is 17.5. The van der Waals surface area contributed by atoms with E-state index in [1.807, 2.05) is 43.1 Å². The molecule has 1 fully saturated rings. The maximum Gasteiger partial charge on any atom is 0.255 e. The average molecular weight is 390 g/mol. The minimum Gasteiger partial charge on any atom is -0.338 e. The van der Waals surface area contributed by atoms with Gasteiger partial charge in [0.15, 0.2) is 0 Å². The monoisotopic (exact) mass is 389 g/mol. The minimum absolute atomic E-state index is 0.153. The Morgan fingerprint density at radius 2 is 2.08 bits per heavy atom. The van der Waals surface area contributed by atoms with Crippen LogP contribution in [-0.4, -0.2) is 42.1 Å². The third-order valence-corrected chi connectivity index (χ3v) is 5.49. The molecule has 4 nitrogen and oxygen atoms in total. The second kappa shape index (κ2) is 7.11. The quantitative estimate of drug-likeness (QED) is 0.867. The van der Waals surface area contributed by atoms with Crippen LogP contribution in [0.1, 0.15) is 28.2 Å². The van der Waals surface area contributed by atoms with Gasteiger partial charge in [0.25, 0.3) is 5.91 Å². The summed E-state index contributed by atoms with van der Waals surface area (Å²) in [5.74, 6) is 0.714. The van der Waals surface area contributed by atoms with Crippen LogP contribution in [0, 0.1) is 19.8 Å². The van der Waals surface area contributed by atoms with Crippen LogP contribution in [0.4, 0.5) is 0 Å². The van der Waals surface area contributed by atoms with Crippen LogP contribution >= 0.6 is 15.9 Å². The van der Waals surface area contributed by atoms with E-state index in [4.69, 9.17) is 0 Å². The predicted molar refractivity (Wildman–Crippen MR) is 101 cm³/mol. The first-order valence-electron chi connectivity index (χ1n) is 8.40. The zero-order valence-corrected chi connectivity index (χ0v) is 16.1. The molecule has 1 aromatic heterocycles. The molecule has 128 valence electrons. The third kappa shape index (κ3) is 3.15. The number of likely N-dealkylation sites (tertiary alicyclic amines) is 1. The Labute approximate surface area is 152 Å². The first-order chi connectivity index (χ1) is 11.5. The van der Waals surface area contributed by atoms with Gasteiger partial charge in [-0.1, -0.05) is 12.1 Å². The van der Waals surface area contributed by atoms with Crippen LogP contribution in [0.2, 0.25) is 0 Å². The maximum atomic E-state index is 13.0. The number of nitrogens with one attached hydrogen (secondary N) is 1. The zero-order chi connectivity index (χ0) is 17.3. The van der Waals surface area contributed by atoms with E-state index in [1.54, 1.807) is 0 Å². The Morgan fingerprint density at radius 3 is 2.79 bits per heavy atom. The van der Waals surface area contributed by atoms with E-state index in [9.17, 15) is 4.79 Å². The van der Waals surface area contributed by atoms with Gasteiger partial charge in [0, 0.05) is 29.0 Å². The summed E-state index contributed by atoms with van der Waals surface area (Å²) in [4.78, 5) is 15.0. The summed E-state index contributed by atoms with van der Waals surface area (Å²) in [6, 6.07) is 10.1. The summed E-state index contributed by atoms with van der Waals surface area (Å²) >= 11 is 3.62. The van der Waals surface area contributed by atoms with E-state index in [0.29, 0.717) is 5.92 Å². The Hall–Kier alpha value is -1.59. The van der Waals surface area contributed by atoms with E-state index in [2.05, 4.69) is 38.8 Å². The fourth-order valence-corrected chi connectivity index (χ4v) is 4.09. The first kappa shape index (κ1) is 17.2. The van der Waals surface area contributed by atoms with E-state index in [0.717, 1.165) is 53.2 Å². The van der Waals surface area contributed by atoms with Gasteiger partial charge in [0.05, 0.1) is 11.3 Å². The SMILES string of the molecule is CNCC1CCN(C(=O)c2cc(C)n(-c3ccccc3Br)c2C)C1. The summed E-state index contributed by atoms with van der Waals surface area (Å²) < 4.78 is 3.18. The molecule has 1 aliphatic heterocycles. The highest BCUT2D eigenvalue weighted by molar-refractivity contribution is 9.10.